The molecule has 0 amide bonds. The molecule has 4 N–H and O–H groups in total. The zero-order valence-electron chi connectivity index (χ0n) is 16.3. The van der Waals surface area contributed by atoms with Gasteiger partial charge in [-0.3, -0.25) is 4.79 Å². The highest BCUT2D eigenvalue weighted by molar-refractivity contribution is 7.50. The molecular weight excluding hydrogens is 545 g/mol. The molecule has 5 heterocycles. The molecule has 3 unspecified atom stereocenters. The van der Waals surface area contributed by atoms with E-state index in [2.05, 4.69) is 32.5 Å². The summed E-state index contributed by atoms with van der Waals surface area (Å²) in [5.41, 5.74) is 0. The Morgan fingerprint density at radius 3 is 1.85 bits per heavy atom. The maximum absolute atomic E-state index is 13.2. The van der Waals surface area contributed by atoms with Crippen LogP contribution in [-0.4, -0.2) is 67.9 Å². The lowest BCUT2D eigenvalue weighted by atomic mass is 9.69. The smallest absolute Gasteiger partial charge is 0.438 e. The number of aliphatic hydroxyl groups is 4. The van der Waals surface area contributed by atoms with Crippen molar-refractivity contribution in [2.24, 2.45) is 0 Å². The van der Waals surface area contributed by atoms with Gasteiger partial charge >= 0.3 is 52.6 Å². The first-order chi connectivity index (χ1) is 15.6. The van der Waals surface area contributed by atoms with Gasteiger partial charge in [-0.15, -0.1) is 9.35 Å². The Morgan fingerprint density at radius 2 is 1.29 bits per heavy atom. The Labute approximate surface area is 186 Å². The molecule has 1 saturated carbocycles. The normalized spacial score (nSPS) is 60.7. The van der Waals surface area contributed by atoms with Gasteiger partial charge < -0.3 is 25.2 Å². The van der Waals surface area contributed by atoms with E-state index in [4.69, 9.17) is 23.0 Å². The van der Waals surface area contributed by atoms with Crippen LogP contribution >= 0.6 is 23.5 Å². The van der Waals surface area contributed by atoms with Gasteiger partial charge in [0.25, 0.3) is 11.6 Å². The predicted molar refractivity (Wildman–Crippen MR) is 85.9 cm³/mol. The molecule has 0 radical (unpaired) electrons. The molecule has 6 fully saturated rings. The van der Waals surface area contributed by atoms with Gasteiger partial charge in [0.2, 0.25) is 6.79 Å². The minimum absolute atomic E-state index is 0.0603. The number of carbonyl (C=O) groups is 1. The molecule has 0 aromatic heterocycles. The number of carbonyl (C=O) groups excluding carboxylic acids is 1. The topological polar surface area (TPSA) is 260 Å². The number of ether oxygens (including phenoxy) is 1. The van der Waals surface area contributed by atoms with E-state index in [1.54, 1.807) is 6.92 Å². The number of rotatable bonds is 5. The van der Waals surface area contributed by atoms with Crippen LogP contribution in [0.5, 0.6) is 0 Å². The number of fused-ring (bicyclic) bond motifs is 3. The van der Waals surface area contributed by atoms with Crippen LogP contribution in [0, 0.1) is 0 Å². The van der Waals surface area contributed by atoms with Crippen LogP contribution in [-0.2, 0) is 74.0 Å². The molecule has 34 heavy (non-hydrogen) atoms. The van der Waals surface area contributed by atoms with E-state index in [0.29, 0.717) is 6.42 Å². The molecule has 2 spiro atoms. The lowest BCUT2D eigenvalue weighted by Crippen LogP contribution is -2.95. The van der Waals surface area contributed by atoms with Crippen LogP contribution in [0.3, 0.4) is 0 Å². The fourth-order valence-corrected chi connectivity index (χ4v) is 8.47. The highest BCUT2D eigenvalue weighted by Crippen LogP contribution is 2.89. The summed E-state index contributed by atoms with van der Waals surface area (Å²) in [7, 11) is -15.5. The first-order valence-corrected chi connectivity index (χ1v) is 13.5. The van der Waals surface area contributed by atoms with Gasteiger partial charge in [0.1, 0.15) is 0 Å². The molecule has 5 aliphatic heterocycles. The summed E-state index contributed by atoms with van der Waals surface area (Å²) >= 11 is 0. The van der Waals surface area contributed by atoms with Gasteiger partial charge in [0.05, 0.1) is 0 Å². The summed E-state index contributed by atoms with van der Waals surface area (Å²) in [5, 5.41) is 44.6. The third-order valence-electron chi connectivity index (χ3n) is 5.54. The van der Waals surface area contributed by atoms with Crippen molar-refractivity contribution in [3.05, 3.63) is 0 Å². The molecule has 9 atom stereocenters. The molecule has 6 rings (SSSR count). The van der Waals surface area contributed by atoms with Crippen molar-refractivity contribution in [1.82, 2.24) is 0 Å². The highest BCUT2D eigenvalue weighted by Gasteiger charge is 3.10. The van der Waals surface area contributed by atoms with Crippen LogP contribution in [0.25, 0.3) is 0 Å². The molecular formula is C11H13O20P3. The SMILES string of the molecule is CCCC(=O)OCOP1(=O)O[C@@]2(O)[C@]3(O)OP4(=O)O[C@]3(O)[C@@](O)(O4)[C@@]34OOP(=O)(OO[C@]23O1)O4. The fourth-order valence-electron chi connectivity index (χ4n) is 4.10. The van der Waals surface area contributed by atoms with Crippen molar-refractivity contribution in [2.75, 3.05) is 6.79 Å². The number of phosphoric acid groups is 3. The van der Waals surface area contributed by atoms with E-state index >= 15 is 0 Å². The van der Waals surface area contributed by atoms with E-state index in [1.807, 2.05) is 0 Å². The lowest BCUT2D eigenvalue weighted by molar-refractivity contribution is -0.632. The van der Waals surface area contributed by atoms with E-state index in [0.717, 1.165) is 0 Å². The highest BCUT2D eigenvalue weighted by atomic mass is 31.2. The number of phosphoric ester groups is 2. The Hall–Kier alpha value is -0.440. The molecule has 6 aliphatic rings. The molecule has 0 aromatic carbocycles. The standard InChI is InChI=1S/C11H13O20P3/c1-2-3-5(12)20-4-21-32(17)26-8(15)6(13)7(14)9(16,27-33(18,24-6)25-7)11-10(8,28-32)22-30-34(19,29-11)31-23-11/h13-16H,2-4H2,1H3/t6-,7+,8+,9-,10+,11+,32?,33?,34?/m1/s1. The third kappa shape index (κ3) is 2.29. The summed E-state index contributed by atoms with van der Waals surface area (Å²) in [6, 6.07) is 0. The van der Waals surface area contributed by atoms with Crippen LogP contribution in [0.2, 0.25) is 0 Å². The minimum atomic E-state index is -5.36. The van der Waals surface area contributed by atoms with Crippen molar-refractivity contribution in [3.63, 3.8) is 0 Å². The molecule has 0 aromatic rings. The number of hydrogen-bond donors (Lipinski definition) is 4. The van der Waals surface area contributed by atoms with E-state index in [1.165, 1.54) is 0 Å². The quantitative estimate of drug-likeness (QED) is 0.134. The molecule has 4 bridgehead atoms. The van der Waals surface area contributed by atoms with Gasteiger partial charge in [0, 0.05) is 6.42 Å². The summed E-state index contributed by atoms with van der Waals surface area (Å²) < 4.78 is 85.0. The van der Waals surface area contributed by atoms with Crippen LogP contribution in [0.15, 0.2) is 0 Å². The Morgan fingerprint density at radius 1 is 0.765 bits per heavy atom. The maximum Gasteiger partial charge on any atom is 0.532 e. The van der Waals surface area contributed by atoms with Crippen molar-refractivity contribution < 1.29 is 94.4 Å². The average molecular weight is 558 g/mol. The van der Waals surface area contributed by atoms with Crippen LogP contribution in [0.4, 0.5) is 0 Å². The van der Waals surface area contributed by atoms with E-state index in [9.17, 15) is 38.9 Å². The summed E-state index contributed by atoms with van der Waals surface area (Å²) in [6.07, 6.45) is 0.325. The first kappa shape index (κ1) is 23.9. The Balaban J connectivity index is 1.49. The van der Waals surface area contributed by atoms with Crippen molar-refractivity contribution in [2.45, 2.75) is 54.5 Å². The fraction of sp³-hybridized carbons (Fsp3) is 0.909. The second-order valence-corrected chi connectivity index (χ2v) is 11.9. The lowest BCUT2D eigenvalue weighted by Gasteiger charge is -2.61. The monoisotopic (exact) mass is 558 g/mol. The largest absolute Gasteiger partial charge is 0.532 e. The second-order valence-electron chi connectivity index (χ2n) is 7.53. The van der Waals surface area contributed by atoms with Crippen LogP contribution < -0.4 is 0 Å². The summed E-state index contributed by atoms with van der Waals surface area (Å²) in [6.45, 7) is 0.524. The van der Waals surface area contributed by atoms with Gasteiger partial charge in [-0.25, -0.2) is 45.4 Å². The van der Waals surface area contributed by atoms with Crippen molar-refractivity contribution >= 4 is 29.4 Å². The third-order valence-corrected chi connectivity index (χ3v) is 9.39. The predicted octanol–water partition coefficient (Wildman–Crippen LogP) is -1.15. The molecule has 20 nitrogen and oxygen atoms in total. The van der Waals surface area contributed by atoms with Gasteiger partial charge in [-0.05, 0) is 6.42 Å². The zero-order chi connectivity index (χ0) is 24.7. The van der Waals surface area contributed by atoms with Gasteiger partial charge in [-0.1, -0.05) is 6.92 Å². The molecule has 192 valence electrons. The van der Waals surface area contributed by atoms with Gasteiger partial charge in [-0.2, -0.15) is 9.78 Å². The Bertz CT molecular complexity index is 1140. The summed E-state index contributed by atoms with van der Waals surface area (Å²) in [4.78, 5) is 20.9. The second kappa shape index (κ2) is 6.33. The average Bonchev–Trinajstić information content (AvgIpc) is 3.30. The Kier molecular flexibility index (Phi) is 4.46. The molecule has 23 heteroatoms. The minimum Gasteiger partial charge on any atom is -0.438 e. The molecule has 5 saturated heterocycles. The first-order valence-electron chi connectivity index (χ1n) is 9.10. The van der Waals surface area contributed by atoms with Crippen molar-refractivity contribution in [1.29, 1.82) is 0 Å². The maximum atomic E-state index is 13.2. The number of esters is 1. The van der Waals surface area contributed by atoms with Crippen molar-refractivity contribution in [3.8, 4) is 0 Å². The van der Waals surface area contributed by atoms with E-state index in [-0.39, 0.29) is 6.42 Å². The summed E-state index contributed by atoms with van der Waals surface area (Å²) in [5.74, 6) is -23.8. The van der Waals surface area contributed by atoms with E-state index < -0.39 is 71.0 Å². The zero-order valence-corrected chi connectivity index (χ0v) is 19.0. The molecule has 1 aliphatic carbocycles. The van der Waals surface area contributed by atoms with Gasteiger partial charge in [0.15, 0.2) is 0 Å². The number of hydrogen-bond acceptors (Lipinski definition) is 20. The van der Waals surface area contributed by atoms with Crippen LogP contribution in [0.1, 0.15) is 19.8 Å².